The Morgan fingerprint density at radius 1 is 0.848 bits per heavy atom. The number of hydrogen-bond acceptors (Lipinski definition) is 4. The van der Waals surface area contributed by atoms with Gasteiger partial charge in [0, 0.05) is 18.2 Å². The summed E-state index contributed by atoms with van der Waals surface area (Å²) >= 11 is 0. The molecule has 0 saturated heterocycles. The van der Waals surface area contributed by atoms with Gasteiger partial charge in [0.1, 0.15) is 0 Å². The Balaban J connectivity index is 1.83. The van der Waals surface area contributed by atoms with E-state index in [0.29, 0.717) is 11.3 Å². The summed E-state index contributed by atoms with van der Waals surface area (Å²) in [5, 5.41) is 4.10. The third kappa shape index (κ3) is 5.99. The molecule has 0 atom stereocenters. The molecule has 0 aliphatic heterocycles. The largest absolute Gasteiger partial charge is 0.416 e. The number of hydrogen-bond donors (Lipinski definition) is 1. The van der Waals surface area contributed by atoms with Crippen LogP contribution in [0.1, 0.15) is 11.1 Å². The number of halogens is 6. The van der Waals surface area contributed by atoms with Crippen molar-refractivity contribution in [3.05, 3.63) is 82.1 Å². The van der Waals surface area contributed by atoms with E-state index in [-0.39, 0.29) is 24.7 Å². The molecule has 3 aromatic rings. The highest BCUT2D eigenvalue weighted by Crippen LogP contribution is 2.37. The molecule has 0 fully saturated rings. The van der Waals surface area contributed by atoms with Crippen molar-refractivity contribution in [2.45, 2.75) is 23.8 Å². The molecule has 3 rings (SSSR count). The van der Waals surface area contributed by atoms with Crippen LogP contribution in [0.2, 0.25) is 0 Å². The minimum absolute atomic E-state index is 0.109. The van der Waals surface area contributed by atoms with Gasteiger partial charge in [-0.25, -0.2) is 17.8 Å². The molecule has 6 nitrogen and oxygen atoms in total. The van der Waals surface area contributed by atoms with Gasteiger partial charge in [-0.1, -0.05) is 30.3 Å². The monoisotopic (exact) mass is 491 g/mol. The van der Waals surface area contributed by atoms with Gasteiger partial charge < -0.3 is 0 Å². The van der Waals surface area contributed by atoms with E-state index < -0.39 is 50.5 Å². The second-order valence-corrected chi connectivity index (χ2v) is 8.55. The molecule has 0 aliphatic rings. The summed E-state index contributed by atoms with van der Waals surface area (Å²) in [4.78, 5) is 10.8. The molecule has 0 radical (unpaired) electrons. The minimum Gasteiger partial charge on any atom is -0.268 e. The molecule has 0 saturated carbocycles. The summed E-state index contributed by atoms with van der Waals surface area (Å²) in [5.41, 5.74) is -3.01. The first-order valence-corrected chi connectivity index (χ1v) is 10.7. The molecule has 1 heterocycles. The van der Waals surface area contributed by atoms with E-state index in [2.05, 4.69) is 5.10 Å². The van der Waals surface area contributed by atoms with E-state index in [0.717, 1.165) is 4.68 Å². The number of benzene rings is 2. The molecular formula is C20H15F6N3O3S. The normalized spacial score (nSPS) is 12.7. The zero-order chi connectivity index (χ0) is 24.4. The van der Waals surface area contributed by atoms with Crippen molar-refractivity contribution in [3.8, 4) is 11.3 Å². The average molecular weight is 491 g/mol. The lowest BCUT2D eigenvalue weighted by molar-refractivity contribution is -0.143. The van der Waals surface area contributed by atoms with Crippen LogP contribution in [0.15, 0.2) is 70.4 Å². The van der Waals surface area contributed by atoms with Crippen LogP contribution in [-0.2, 0) is 28.9 Å². The Bertz CT molecular complexity index is 1270. The summed E-state index contributed by atoms with van der Waals surface area (Å²) < 4.78 is 106. The zero-order valence-corrected chi connectivity index (χ0v) is 17.3. The lowest BCUT2D eigenvalue weighted by Crippen LogP contribution is -2.32. The van der Waals surface area contributed by atoms with Crippen LogP contribution in [0.4, 0.5) is 26.3 Å². The van der Waals surface area contributed by atoms with Gasteiger partial charge in [-0.3, -0.25) is 4.79 Å². The maximum Gasteiger partial charge on any atom is 0.416 e. The topological polar surface area (TPSA) is 81.1 Å². The molecule has 0 aliphatic carbocycles. The van der Waals surface area contributed by atoms with Gasteiger partial charge in [-0.05, 0) is 24.3 Å². The van der Waals surface area contributed by atoms with Gasteiger partial charge in [0.15, 0.2) is 0 Å². The highest BCUT2D eigenvalue weighted by Gasteiger charge is 2.38. The Kier molecular flexibility index (Phi) is 6.65. The number of sulfonamides is 1. The van der Waals surface area contributed by atoms with Gasteiger partial charge in [-0.15, -0.1) is 0 Å². The zero-order valence-electron chi connectivity index (χ0n) is 16.5. The van der Waals surface area contributed by atoms with Crippen LogP contribution < -0.4 is 10.3 Å². The van der Waals surface area contributed by atoms with Crippen molar-refractivity contribution in [3.63, 3.8) is 0 Å². The summed E-state index contributed by atoms with van der Waals surface area (Å²) in [6.45, 7) is -0.824. The fraction of sp³-hybridized carbons (Fsp3) is 0.200. The molecule has 0 bridgehead atoms. The lowest BCUT2D eigenvalue weighted by Gasteiger charge is -2.15. The smallest absolute Gasteiger partial charge is 0.268 e. The molecular weight excluding hydrogens is 476 g/mol. The number of nitrogens with one attached hydrogen (secondary N) is 1. The molecule has 0 amide bonds. The van der Waals surface area contributed by atoms with Crippen LogP contribution in [0.3, 0.4) is 0 Å². The first-order chi connectivity index (χ1) is 15.3. The molecule has 1 aromatic heterocycles. The van der Waals surface area contributed by atoms with Crippen LogP contribution in [0, 0.1) is 0 Å². The maximum atomic E-state index is 13.0. The molecule has 33 heavy (non-hydrogen) atoms. The maximum absolute atomic E-state index is 13.0. The quantitative estimate of drug-likeness (QED) is 0.530. The van der Waals surface area contributed by atoms with Gasteiger partial charge in [0.25, 0.3) is 5.56 Å². The van der Waals surface area contributed by atoms with E-state index in [9.17, 15) is 39.6 Å². The Labute approximate surface area is 183 Å². The third-order valence-corrected chi connectivity index (χ3v) is 5.86. The predicted octanol–water partition coefficient (Wildman–Crippen LogP) is 3.93. The molecule has 0 unspecified atom stereocenters. The summed E-state index contributed by atoms with van der Waals surface area (Å²) in [6, 6.07) is 11.4. The number of alkyl halides is 6. The van der Waals surface area contributed by atoms with Crippen LogP contribution in [0.5, 0.6) is 0 Å². The first-order valence-electron chi connectivity index (χ1n) is 9.20. The summed E-state index contributed by atoms with van der Waals surface area (Å²) in [6.07, 6.45) is -10.4. The minimum atomic E-state index is -5.19. The van der Waals surface area contributed by atoms with Crippen molar-refractivity contribution in [1.82, 2.24) is 14.5 Å². The standard InChI is InChI=1S/C20H15F6N3O3S/c21-19(22,23)14-10-15(20(24,25)26)12-16(11-14)33(31,32)27-8-9-29-18(30)7-6-17(28-29)13-4-2-1-3-5-13/h1-7,10-12,27H,8-9H2. The highest BCUT2D eigenvalue weighted by molar-refractivity contribution is 7.89. The van der Waals surface area contributed by atoms with Gasteiger partial charge in [0.05, 0.1) is 28.3 Å². The van der Waals surface area contributed by atoms with Crippen LogP contribution in [-0.4, -0.2) is 24.7 Å². The van der Waals surface area contributed by atoms with E-state index in [1.165, 1.54) is 12.1 Å². The van der Waals surface area contributed by atoms with Crippen LogP contribution >= 0.6 is 0 Å². The number of nitrogens with zero attached hydrogens (tertiary/aromatic N) is 2. The Hall–Kier alpha value is -3.19. The predicted molar refractivity (Wildman–Crippen MR) is 106 cm³/mol. The average Bonchev–Trinajstić information content (AvgIpc) is 2.74. The molecule has 0 spiro atoms. The Morgan fingerprint density at radius 3 is 1.97 bits per heavy atom. The van der Waals surface area contributed by atoms with Crippen molar-refractivity contribution >= 4 is 10.0 Å². The van der Waals surface area contributed by atoms with E-state index in [1.807, 2.05) is 4.72 Å². The van der Waals surface area contributed by atoms with E-state index >= 15 is 0 Å². The lowest BCUT2D eigenvalue weighted by atomic mass is 10.1. The third-order valence-electron chi connectivity index (χ3n) is 4.42. The summed E-state index contributed by atoms with van der Waals surface area (Å²) in [5.74, 6) is 0. The van der Waals surface area contributed by atoms with E-state index in [4.69, 9.17) is 0 Å². The fourth-order valence-corrected chi connectivity index (χ4v) is 3.91. The van der Waals surface area contributed by atoms with Crippen molar-refractivity contribution < 1.29 is 34.8 Å². The molecule has 176 valence electrons. The van der Waals surface area contributed by atoms with Crippen molar-refractivity contribution in [1.29, 1.82) is 0 Å². The van der Waals surface area contributed by atoms with Crippen molar-refractivity contribution in [2.75, 3.05) is 6.54 Å². The molecule has 1 N–H and O–H groups in total. The molecule has 13 heteroatoms. The second kappa shape index (κ2) is 8.98. The SMILES string of the molecule is O=c1ccc(-c2ccccc2)nn1CCNS(=O)(=O)c1cc(C(F)(F)F)cc(C(F)(F)F)c1. The molecule has 2 aromatic carbocycles. The van der Waals surface area contributed by atoms with E-state index in [1.54, 1.807) is 30.3 Å². The Morgan fingerprint density at radius 2 is 1.42 bits per heavy atom. The van der Waals surface area contributed by atoms with Crippen molar-refractivity contribution in [2.24, 2.45) is 0 Å². The summed E-state index contributed by atoms with van der Waals surface area (Å²) in [7, 11) is -4.76. The highest BCUT2D eigenvalue weighted by atomic mass is 32.2. The van der Waals surface area contributed by atoms with Gasteiger partial charge in [-0.2, -0.15) is 31.4 Å². The second-order valence-electron chi connectivity index (χ2n) is 6.79. The van der Waals surface area contributed by atoms with Gasteiger partial charge in [0.2, 0.25) is 10.0 Å². The number of rotatable bonds is 6. The van der Waals surface area contributed by atoms with Crippen LogP contribution in [0.25, 0.3) is 11.3 Å². The number of aromatic nitrogens is 2. The fourth-order valence-electron chi connectivity index (χ4n) is 2.82. The van der Waals surface area contributed by atoms with Gasteiger partial charge >= 0.3 is 12.4 Å². The first kappa shape index (κ1) is 24.5.